The van der Waals surface area contributed by atoms with E-state index in [1.807, 2.05) is 0 Å². The van der Waals surface area contributed by atoms with Crippen LogP contribution in [0.2, 0.25) is 0 Å². The largest absolute Gasteiger partial charge is 0.481 e. The van der Waals surface area contributed by atoms with Gasteiger partial charge in [-0.1, -0.05) is 33.6 Å². The zero-order chi connectivity index (χ0) is 14.0. The summed E-state index contributed by atoms with van der Waals surface area (Å²) in [6.07, 6.45) is 5.52. The van der Waals surface area contributed by atoms with E-state index in [-0.39, 0.29) is 12.0 Å². The molecule has 0 radical (unpaired) electrons. The van der Waals surface area contributed by atoms with Crippen LogP contribution in [0.25, 0.3) is 0 Å². The summed E-state index contributed by atoms with van der Waals surface area (Å²) < 4.78 is 7.67. The van der Waals surface area contributed by atoms with Gasteiger partial charge in [0.25, 0.3) is 0 Å². The average molecular weight is 266 g/mol. The predicted molar refractivity (Wildman–Crippen MR) is 75.8 cm³/mol. The van der Waals surface area contributed by atoms with Crippen molar-refractivity contribution in [2.24, 2.45) is 0 Å². The number of rotatable bonds is 4. The molecule has 0 spiro atoms. The van der Waals surface area contributed by atoms with Crippen molar-refractivity contribution in [1.82, 2.24) is 9.78 Å². The van der Waals surface area contributed by atoms with Gasteiger partial charge in [-0.2, -0.15) is 5.10 Å². The van der Waals surface area contributed by atoms with Crippen molar-refractivity contribution in [2.75, 3.05) is 13.7 Å². The van der Waals surface area contributed by atoms with E-state index in [2.05, 4.69) is 25.5 Å². The number of aliphatic hydroxyl groups excluding tert-OH is 1. The van der Waals surface area contributed by atoms with Crippen LogP contribution >= 0.6 is 0 Å². The number of aromatic nitrogens is 2. The molecule has 1 heterocycles. The first kappa shape index (κ1) is 14.4. The summed E-state index contributed by atoms with van der Waals surface area (Å²) in [5, 5.41) is 14.1. The average Bonchev–Trinajstić information content (AvgIpc) is 2.94. The Bertz CT molecular complexity index is 426. The SMILES string of the molecule is COc1c(CCO)c(C(C)(C)C)nn1C1CCCC1. The Morgan fingerprint density at radius 2 is 1.95 bits per heavy atom. The number of nitrogens with zero attached hydrogens (tertiary/aromatic N) is 2. The molecule has 0 atom stereocenters. The first-order valence-electron chi connectivity index (χ1n) is 7.25. The molecule has 1 aromatic rings. The zero-order valence-electron chi connectivity index (χ0n) is 12.6. The lowest BCUT2D eigenvalue weighted by molar-refractivity contribution is 0.292. The topological polar surface area (TPSA) is 47.3 Å². The molecule has 1 aliphatic carbocycles. The van der Waals surface area contributed by atoms with Gasteiger partial charge >= 0.3 is 0 Å². The minimum Gasteiger partial charge on any atom is -0.481 e. The predicted octanol–water partition coefficient (Wildman–Crippen LogP) is 2.84. The number of ether oxygens (including phenoxy) is 1. The summed E-state index contributed by atoms with van der Waals surface area (Å²) in [7, 11) is 1.70. The van der Waals surface area contributed by atoms with Crippen molar-refractivity contribution in [3.05, 3.63) is 11.3 Å². The summed E-state index contributed by atoms with van der Waals surface area (Å²) in [6.45, 7) is 6.62. The standard InChI is InChI=1S/C15H26N2O2/c1-15(2,3)13-12(9-10-18)14(19-4)17(16-13)11-7-5-6-8-11/h11,18H,5-10H2,1-4H3. The van der Waals surface area contributed by atoms with Gasteiger partial charge in [0.15, 0.2) is 0 Å². The third-order valence-corrected chi connectivity index (χ3v) is 3.90. The van der Waals surface area contributed by atoms with Gasteiger partial charge in [0.2, 0.25) is 5.88 Å². The second-order valence-electron chi connectivity index (χ2n) is 6.44. The van der Waals surface area contributed by atoms with E-state index < -0.39 is 0 Å². The van der Waals surface area contributed by atoms with Gasteiger partial charge in [0.05, 0.1) is 18.8 Å². The van der Waals surface area contributed by atoms with Gasteiger partial charge in [-0.15, -0.1) is 0 Å². The molecular formula is C15H26N2O2. The first-order chi connectivity index (χ1) is 8.99. The highest BCUT2D eigenvalue weighted by molar-refractivity contribution is 5.36. The highest BCUT2D eigenvalue weighted by atomic mass is 16.5. The molecule has 4 heteroatoms. The number of aliphatic hydroxyl groups is 1. The maximum atomic E-state index is 9.31. The Kier molecular flexibility index (Phi) is 4.19. The molecule has 0 aliphatic heterocycles. The lowest BCUT2D eigenvalue weighted by Crippen LogP contribution is -2.16. The second-order valence-corrected chi connectivity index (χ2v) is 6.44. The fourth-order valence-electron chi connectivity index (χ4n) is 3.01. The molecule has 1 aliphatic rings. The molecule has 1 N–H and O–H groups in total. The Morgan fingerprint density at radius 3 is 2.42 bits per heavy atom. The summed E-state index contributed by atoms with van der Waals surface area (Å²) in [5.74, 6) is 0.853. The molecule has 1 aromatic heterocycles. The van der Waals surface area contributed by atoms with Crippen molar-refractivity contribution in [2.45, 2.75) is 64.3 Å². The molecule has 0 unspecified atom stereocenters. The summed E-state index contributed by atoms with van der Waals surface area (Å²) in [6, 6.07) is 0.462. The molecule has 0 aromatic carbocycles. The van der Waals surface area contributed by atoms with E-state index in [0.29, 0.717) is 12.5 Å². The molecule has 0 saturated heterocycles. The van der Waals surface area contributed by atoms with Gasteiger partial charge in [-0.3, -0.25) is 0 Å². The van der Waals surface area contributed by atoms with Crippen LogP contribution < -0.4 is 4.74 Å². The van der Waals surface area contributed by atoms with E-state index in [4.69, 9.17) is 9.84 Å². The van der Waals surface area contributed by atoms with Gasteiger partial charge in [-0.05, 0) is 12.8 Å². The summed E-state index contributed by atoms with van der Waals surface area (Å²) in [5.41, 5.74) is 2.11. The van der Waals surface area contributed by atoms with Crippen molar-refractivity contribution in [1.29, 1.82) is 0 Å². The summed E-state index contributed by atoms with van der Waals surface area (Å²) in [4.78, 5) is 0. The minimum absolute atomic E-state index is 0.0262. The Labute approximate surface area is 115 Å². The van der Waals surface area contributed by atoms with Gasteiger partial charge < -0.3 is 9.84 Å². The van der Waals surface area contributed by atoms with Crippen LogP contribution in [0.3, 0.4) is 0 Å². The first-order valence-corrected chi connectivity index (χ1v) is 7.25. The molecule has 0 amide bonds. The van der Waals surface area contributed by atoms with Crippen LogP contribution in [0.1, 0.15) is 63.8 Å². The van der Waals surface area contributed by atoms with Gasteiger partial charge in [0, 0.05) is 24.0 Å². The van der Waals surface area contributed by atoms with E-state index >= 15 is 0 Å². The Hall–Kier alpha value is -1.03. The van der Waals surface area contributed by atoms with Crippen molar-refractivity contribution in [3.63, 3.8) is 0 Å². The zero-order valence-corrected chi connectivity index (χ0v) is 12.6. The number of hydrogen-bond donors (Lipinski definition) is 1. The van der Waals surface area contributed by atoms with E-state index in [1.54, 1.807) is 7.11 Å². The highest BCUT2D eigenvalue weighted by Gasteiger charge is 2.30. The van der Waals surface area contributed by atoms with Crippen LogP contribution in [-0.2, 0) is 11.8 Å². The lowest BCUT2D eigenvalue weighted by atomic mass is 9.88. The summed E-state index contributed by atoms with van der Waals surface area (Å²) >= 11 is 0. The molecule has 2 rings (SSSR count). The normalized spacial score (nSPS) is 17.1. The molecule has 19 heavy (non-hydrogen) atoms. The number of hydrogen-bond acceptors (Lipinski definition) is 3. The van der Waals surface area contributed by atoms with Crippen LogP contribution in [0.4, 0.5) is 0 Å². The van der Waals surface area contributed by atoms with E-state index in [0.717, 1.165) is 17.1 Å². The molecule has 0 bridgehead atoms. The van der Waals surface area contributed by atoms with E-state index in [9.17, 15) is 5.11 Å². The quantitative estimate of drug-likeness (QED) is 0.911. The molecule has 1 fully saturated rings. The highest BCUT2D eigenvalue weighted by Crippen LogP contribution is 2.38. The smallest absolute Gasteiger partial charge is 0.215 e. The van der Waals surface area contributed by atoms with Crippen LogP contribution in [-0.4, -0.2) is 28.6 Å². The van der Waals surface area contributed by atoms with Crippen molar-refractivity contribution >= 4 is 0 Å². The molecule has 1 saturated carbocycles. The lowest BCUT2D eigenvalue weighted by Gasteiger charge is -2.17. The fraction of sp³-hybridized carbons (Fsp3) is 0.800. The number of methoxy groups -OCH3 is 1. The molecule has 4 nitrogen and oxygen atoms in total. The maximum Gasteiger partial charge on any atom is 0.215 e. The van der Waals surface area contributed by atoms with Crippen LogP contribution in [0.15, 0.2) is 0 Å². The van der Waals surface area contributed by atoms with Gasteiger partial charge in [0.1, 0.15) is 0 Å². The second kappa shape index (κ2) is 5.53. The van der Waals surface area contributed by atoms with Crippen molar-refractivity contribution < 1.29 is 9.84 Å². The molecular weight excluding hydrogens is 240 g/mol. The van der Waals surface area contributed by atoms with Crippen LogP contribution in [0, 0.1) is 0 Å². The third-order valence-electron chi connectivity index (χ3n) is 3.90. The van der Waals surface area contributed by atoms with Crippen LogP contribution in [0.5, 0.6) is 5.88 Å². The minimum atomic E-state index is -0.0262. The Morgan fingerprint density at radius 1 is 1.32 bits per heavy atom. The van der Waals surface area contributed by atoms with E-state index in [1.165, 1.54) is 25.7 Å². The van der Waals surface area contributed by atoms with Crippen molar-refractivity contribution in [3.8, 4) is 5.88 Å². The van der Waals surface area contributed by atoms with Gasteiger partial charge in [-0.25, -0.2) is 4.68 Å². The maximum absolute atomic E-state index is 9.31. The monoisotopic (exact) mass is 266 g/mol. The fourth-order valence-corrected chi connectivity index (χ4v) is 3.01. The third kappa shape index (κ3) is 2.78. The molecule has 108 valence electrons. The Balaban J connectivity index is 2.48.